The fourth-order valence-corrected chi connectivity index (χ4v) is 1.92. The first-order valence-electron chi connectivity index (χ1n) is 5.22. The zero-order chi connectivity index (χ0) is 9.80. The van der Waals surface area contributed by atoms with Crippen LogP contribution in [0, 0.1) is 0 Å². The Morgan fingerprint density at radius 3 is 3.14 bits per heavy atom. The van der Waals surface area contributed by atoms with Crippen LogP contribution in [-0.2, 0) is 11.3 Å². The van der Waals surface area contributed by atoms with Gasteiger partial charge in [0.2, 0.25) is 0 Å². The van der Waals surface area contributed by atoms with Crippen molar-refractivity contribution in [2.24, 2.45) is 0 Å². The Morgan fingerprint density at radius 2 is 2.50 bits per heavy atom. The van der Waals surface area contributed by atoms with E-state index in [9.17, 15) is 0 Å². The number of hydrogen-bond donors (Lipinski definition) is 1. The van der Waals surface area contributed by atoms with Crippen LogP contribution in [-0.4, -0.2) is 18.7 Å². The van der Waals surface area contributed by atoms with Gasteiger partial charge in [0.15, 0.2) is 0 Å². The second-order valence-electron chi connectivity index (χ2n) is 3.88. The van der Waals surface area contributed by atoms with Crippen LogP contribution in [0.1, 0.15) is 24.6 Å². The first kappa shape index (κ1) is 10.1. The Labute approximate surface area is 89.3 Å². The highest BCUT2D eigenvalue weighted by molar-refractivity contribution is 7.09. The average Bonchev–Trinajstić information content (AvgIpc) is 2.87. The summed E-state index contributed by atoms with van der Waals surface area (Å²) in [6.45, 7) is 3.87. The van der Waals surface area contributed by atoms with Gasteiger partial charge in [0.1, 0.15) is 0 Å². The smallest absolute Gasteiger partial charge is 0.0813 e. The summed E-state index contributed by atoms with van der Waals surface area (Å²) in [6.07, 6.45) is 3.01. The minimum atomic E-state index is 0.317. The van der Waals surface area contributed by atoms with E-state index >= 15 is 0 Å². The van der Waals surface area contributed by atoms with Crippen molar-refractivity contribution >= 4 is 11.3 Å². The Balaban J connectivity index is 1.59. The predicted molar refractivity (Wildman–Crippen MR) is 59.6 cm³/mol. The lowest BCUT2D eigenvalue weighted by Gasteiger charge is -2.12. The largest absolute Gasteiger partial charge is 0.372 e. The third kappa shape index (κ3) is 3.40. The molecule has 14 heavy (non-hydrogen) atoms. The van der Waals surface area contributed by atoms with Crippen molar-refractivity contribution in [2.45, 2.75) is 38.5 Å². The molecule has 0 bridgehead atoms. The molecule has 0 aromatic carbocycles. The number of hydrogen-bond acceptors (Lipinski definition) is 3. The maximum atomic E-state index is 5.71. The van der Waals surface area contributed by atoms with Gasteiger partial charge in [-0.05, 0) is 31.2 Å². The molecule has 0 amide bonds. The van der Waals surface area contributed by atoms with Gasteiger partial charge in [0.25, 0.3) is 0 Å². The maximum absolute atomic E-state index is 5.71. The molecule has 1 aliphatic carbocycles. The molecule has 1 atom stereocenters. The van der Waals surface area contributed by atoms with E-state index in [-0.39, 0.29) is 0 Å². The molecule has 0 saturated heterocycles. The summed E-state index contributed by atoms with van der Waals surface area (Å²) in [7, 11) is 0. The van der Waals surface area contributed by atoms with Crippen LogP contribution >= 0.6 is 11.3 Å². The molecule has 0 radical (unpaired) electrons. The van der Waals surface area contributed by atoms with Gasteiger partial charge in [0, 0.05) is 17.5 Å². The first-order valence-corrected chi connectivity index (χ1v) is 6.10. The molecular formula is C11H17NOS. The standard InChI is InChI=1S/C11H17NOS/c1-9(7-12-10-4-5-10)13-8-11-3-2-6-14-11/h2-3,6,9-10,12H,4-5,7-8H2,1H3. The highest BCUT2D eigenvalue weighted by Gasteiger charge is 2.20. The van der Waals surface area contributed by atoms with Crippen LogP contribution in [0.3, 0.4) is 0 Å². The van der Waals surface area contributed by atoms with Gasteiger partial charge in [-0.15, -0.1) is 11.3 Å². The van der Waals surface area contributed by atoms with E-state index in [0.29, 0.717) is 6.10 Å². The zero-order valence-corrected chi connectivity index (χ0v) is 9.35. The third-order valence-electron chi connectivity index (χ3n) is 2.36. The van der Waals surface area contributed by atoms with Crippen LogP contribution in [0.25, 0.3) is 0 Å². The van der Waals surface area contributed by atoms with Crippen LogP contribution in [0.5, 0.6) is 0 Å². The van der Waals surface area contributed by atoms with Crippen molar-refractivity contribution in [3.63, 3.8) is 0 Å². The summed E-state index contributed by atoms with van der Waals surface area (Å²) in [5.41, 5.74) is 0. The quantitative estimate of drug-likeness (QED) is 0.780. The summed E-state index contributed by atoms with van der Waals surface area (Å²) in [4.78, 5) is 1.31. The Hall–Kier alpha value is -0.380. The van der Waals surface area contributed by atoms with Crippen molar-refractivity contribution < 1.29 is 4.74 Å². The van der Waals surface area contributed by atoms with Crippen molar-refractivity contribution in [1.29, 1.82) is 0 Å². The molecule has 1 aliphatic rings. The van der Waals surface area contributed by atoms with Crippen molar-refractivity contribution in [2.75, 3.05) is 6.54 Å². The lowest BCUT2D eigenvalue weighted by atomic mass is 10.4. The minimum Gasteiger partial charge on any atom is -0.372 e. The van der Waals surface area contributed by atoms with Crippen molar-refractivity contribution in [3.8, 4) is 0 Å². The van der Waals surface area contributed by atoms with Crippen LogP contribution in [0.15, 0.2) is 17.5 Å². The fraction of sp³-hybridized carbons (Fsp3) is 0.636. The molecule has 1 saturated carbocycles. The first-order chi connectivity index (χ1) is 6.84. The van der Waals surface area contributed by atoms with Gasteiger partial charge in [-0.2, -0.15) is 0 Å². The van der Waals surface area contributed by atoms with Gasteiger partial charge >= 0.3 is 0 Å². The topological polar surface area (TPSA) is 21.3 Å². The number of nitrogens with one attached hydrogen (secondary N) is 1. The lowest BCUT2D eigenvalue weighted by molar-refractivity contribution is 0.0546. The van der Waals surface area contributed by atoms with E-state index in [1.807, 2.05) is 0 Å². The molecule has 1 aromatic rings. The van der Waals surface area contributed by atoms with Crippen LogP contribution in [0.2, 0.25) is 0 Å². The molecular weight excluding hydrogens is 194 g/mol. The van der Waals surface area contributed by atoms with Gasteiger partial charge < -0.3 is 10.1 Å². The molecule has 2 nitrogen and oxygen atoms in total. The summed E-state index contributed by atoms with van der Waals surface area (Å²) in [5.74, 6) is 0. The molecule has 78 valence electrons. The van der Waals surface area contributed by atoms with Crippen molar-refractivity contribution in [3.05, 3.63) is 22.4 Å². The number of ether oxygens (including phenoxy) is 1. The van der Waals surface area contributed by atoms with Gasteiger partial charge in [-0.1, -0.05) is 6.07 Å². The fourth-order valence-electron chi connectivity index (χ4n) is 1.30. The molecule has 1 unspecified atom stereocenters. The predicted octanol–water partition coefficient (Wildman–Crippen LogP) is 2.41. The Kier molecular flexibility index (Phi) is 3.56. The molecule has 0 spiro atoms. The van der Waals surface area contributed by atoms with E-state index < -0.39 is 0 Å². The van der Waals surface area contributed by atoms with E-state index in [1.54, 1.807) is 11.3 Å². The molecule has 2 rings (SSSR count). The van der Waals surface area contributed by atoms with Crippen LogP contribution in [0.4, 0.5) is 0 Å². The zero-order valence-electron chi connectivity index (χ0n) is 8.53. The summed E-state index contributed by atoms with van der Waals surface area (Å²) < 4.78 is 5.71. The van der Waals surface area contributed by atoms with Gasteiger partial charge in [-0.3, -0.25) is 0 Å². The molecule has 0 aliphatic heterocycles. The SMILES string of the molecule is CC(CNC1CC1)OCc1cccs1. The van der Waals surface area contributed by atoms with Gasteiger partial charge in [0.05, 0.1) is 12.7 Å². The van der Waals surface area contributed by atoms with E-state index in [0.717, 1.165) is 19.2 Å². The number of thiophene rings is 1. The second-order valence-corrected chi connectivity index (χ2v) is 4.92. The molecule has 3 heteroatoms. The summed E-state index contributed by atoms with van der Waals surface area (Å²) >= 11 is 1.76. The van der Waals surface area contributed by atoms with Crippen LogP contribution < -0.4 is 5.32 Å². The molecule has 1 N–H and O–H groups in total. The summed E-state index contributed by atoms with van der Waals surface area (Å²) in [5, 5.41) is 5.55. The number of rotatable bonds is 6. The van der Waals surface area contributed by atoms with Gasteiger partial charge in [-0.25, -0.2) is 0 Å². The Bertz CT molecular complexity index is 256. The monoisotopic (exact) mass is 211 g/mol. The maximum Gasteiger partial charge on any atom is 0.0813 e. The van der Waals surface area contributed by atoms with Crippen molar-refractivity contribution in [1.82, 2.24) is 5.32 Å². The molecule has 1 fully saturated rings. The minimum absolute atomic E-state index is 0.317. The second kappa shape index (κ2) is 4.91. The van der Waals surface area contributed by atoms with E-state index in [1.165, 1.54) is 17.7 Å². The summed E-state index contributed by atoms with van der Waals surface area (Å²) in [6, 6.07) is 4.96. The Morgan fingerprint density at radius 1 is 1.64 bits per heavy atom. The van der Waals surface area contributed by atoms with E-state index in [4.69, 9.17) is 4.74 Å². The highest BCUT2D eigenvalue weighted by Crippen LogP contribution is 2.18. The third-order valence-corrected chi connectivity index (χ3v) is 3.21. The van der Waals surface area contributed by atoms with E-state index in [2.05, 4.69) is 29.8 Å². The highest BCUT2D eigenvalue weighted by atomic mass is 32.1. The average molecular weight is 211 g/mol. The molecule has 1 heterocycles. The lowest BCUT2D eigenvalue weighted by Crippen LogP contribution is -2.28. The normalized spacial score (nSPS) is 18.4. The molecule has 1 aromatic heterocycles.